The molecule has 0 aromatic carbocycles. The first-order valence-electron chi connectivity index (χ1n) is 7.92. The molecule has 134 valence electrons. The predicted molar refractivity (Wildman–Crippen MR) is 81.6 cm³/mol. The molecule has 0 radical (unpaired) electrons. The standard InChI is InChI=1S/C16H16F4N4O/c1-2-12-23-10(5-24(12)15-6-14(17,7-15)8-15)9-3-11(13(21)22-4-9)25-16(18,19)20/h3-5H,2,6-8H2,1H3,(H2,21,22). The molecule has 5 rings (SSSR count). The smallest absolute Gasteiger partial charge is 0.402 e. The van der Waals surface area contributed by atoms with E-state index in [1.54, 1.807) is 6.20 Å². The van der Waals surface area contributed by atoms with Crippen molar-refractivity contribution in [3.63, 3.8) is 0 Å². The van der Waals surface area contributed by atoms with Crippen LogP contribution in [0.25, 0.3) is 11.3 Å². The van der Waals surface area contributed by atoms with Gasteiger partial charge in [-0.15, -0.1) is 13.2 Å². The Bertz CT molecular complexity index is 825. The van der Waals surface area contributed by atoms with Crippen molar-refractivity contribution in [1.29, 1.82) is 0 Å². The van der Waals surface area contributed by atoms with Crippen LogP contribution >= 0.6 is 0 Å². The van der Waals surface area contributed by atoms with Crippen LogP contribution in [0.2, 0.25) is 0 Å². The zero-order chi connectivity index (χ0) is 18.0. The fraction of sp³-hybridized carbons (Fsp3) is 0.500. The lowest BCUT2D eigenvalue weighted by Crippen LogP contribution is -2.70. The molecule has 0 saturated heterocycles. The van der Waals surface area contributed by atoms with E-state index in [0.717, 1.165) is 5.82 Å². The first-order chi connectivity index (χ1) is 11.6. The number of pyridine rings is 1. The molecular weight excluding hydrogens is 340 g/mol. The molecule has 2 bridgehead atoms. The molecule has 9 heteroatoms. The number of halogens is 4. The second-order valence-electron chi connectivity index (χ2n) is 6.83. The summed E-state index contributed by atoms with van der Waals surface area (Å²) in [6.07, 6.45) is 0.270. The van der Waals surface area contributed by atoms with E-state index in [4.69, 9.17) is 5.73 Å². The summed E-state index contributed by atoms with van der Waals surface area (Å²) in [7, 11) is 0. The second-order valence-corrected chi connectivity index (χ2v) is 6.83. The molecule has 0 aliphatic heterocycles. The number of aromatic nitrogens is 3. The molecule has 3 aliphatic carbocycles. The SMILES string of the molecule is CCc1nc(-c2cnc(N)c(OC(F)(F)F)c2)cn1C12CC(F)(C1)C2. The molecule has 3 fully saturated rings. The van der Waals surface area contributed by atoms with Gasteiger partial charge in [-0.1, -0.05) is 6.92 Å². The first-order valence-corrected chi connectivity index (χ1v) is 7.92. The minimum atomic E-state index is -4.86. The summed E-state index contributed by atoms with van der Waals surface area (Å²) in [4.78, 5) is 8.25. The maximum Gasteiger partial charge on any atom is 0.573 e. The molecular formula is C16H16F4N4O. The lowest BCUT2D eigenvalue weighted by Gasteiger charge is -2.66. The summed E-state index contributed by atoms with van der Waals surface area (Å²) in [5.74, 6) is -0.146. The zero-order valence-electron chi connectivity index (χ0n) is 13.4. The first kappa shape index (κ1) is 16.2. The summed E-state index contributed by atoms with van der Waals surface area (Å²) in [5.41, 5.74) is 5.00. The highest BCUT2D eigenvalue weighted by Gasteiger charge is 2.70. The summed E-state index contributed by atoms with van der Waals surface area (Å²) < 4.78 is 57.1. The van der Waals surface area contributed by atoms with E-state index >= 15 is 0 Å². The number of rotatable bonds is 4. The van der Waals surface area contributed by atoms with E-state index in [1.807, 2.05) is 11.5 Å². The molecule has 2 aromatic rings. The quantitative estimate of drug-likeness (QED) is 0.851. The average molecular weight is 356 g/mol. The number of hydrogen-bond acceptors (Lipinski definition) is 4. The van der Waals surface area contributed by atoms with Crippen LogP contribution < -0.4 is 10.5 Å². The van der Waals surface area contributed by atoms with Crippen molar-refractivity contribution < 1.29 is 22.3 Å². The lowest BCUT2D eigenvalue weighted by atomic mass is 9.47. The van der Waals surface area contributed by atoms with Crippen LogP contribution in [-0.4, -0.2) is 26.6 Å². The van der Waals surface area contributed by atoms with E-state index in [0.29, 0.717) is 36.9 Å². The van der Waals surface area contributed by atoms with Gasteiger partial charge >= 0.3 is 6.36 Å². The van der Waals surface area contributed by atoms with Crippen molar-refractivity contribution in [2.45, 2.75) is 50.2 Å². The number of aryl methyl sites for hydroxylation is 1. The van der Waals surface area contributed by atoms with Crippen molar-refractivity contribution in [1.82, 2.24) is 14.5 Å². The van der Waals surface area contributed by atoms with Gasteiger partial charge in [0.05, 0.1) is 11.2 Å². The Labute approximate surface area is 140 Å². The number of alkyl halides is 4. The van der Waals surface area contributed by atoms with E-state index in [1.165, 1.54) is 12.3 Å². The number of nitrogen functional groups attached to an aromatic ring is 1. The number of imidazole rings is 1. The van der Waals surface area contributed by atoms with E-state index < -0.39 is 17.8 Å². The van der Waals surface area contributed by atoms with Gasteiger partial charge in [0.25, 0.3) is 0 Å². The normalized spacial score (nSPS) is 27.6. The maximum atomic E-state index is 13.8. The van der Waals surface area contributed by atoms with Gasteiger partial charge in [-0.2, -0.15) is 0 Å². The number of ether oxygens (including phenoxy) is 1. The molecule has 25 heavy (non-hydrogen) atoms. The number of anilines is 1. The highest BCUT2D eigenvalue weighted by molar-refractivity contribution is 5.64. The molecule has 3 saturated carbocycles. The van der Waals surface area contributed by atoms with Crippen molar-refractivity contribution in [3.05, 3.63) is 24.3 Å². The summed E-state index contributed by atoms with van der Waals surface area (Å²) in [6.45, 7) is 1.93. The van der Waals surface area contributed by atoms with Gasteiger partial charge in [0.1, 0.15) is 11.5 Å². The molecule has 0 amide bonds. The molecule has 2 N–H and O–H groups in total. The van der Waals surface area contributed by atoms with Crippen LogP contribution in [0, 0.1) is 0 Å². The van der Waals surface area contributed by atoms with Crippen molar-refractivity contribution in [2.24, 2.45) is 0 Å². The van der Waals surface area contributed by atoms with Crippen molar-refractivity contribution in [2.75, 3.05) is 5.73 Å². The monoisotopic (exact) mass is 356 g/mol. The number of hydrogen-bond donors (Lipinski definition) is 1. The van der Waals surface area contributed by atoms with Crippen LogP contribution in [0.1, 0.15) is 32.0 Å². The third-order valence-corrected chi connectivity index (χ3v) is 4.95. The van der Waals surface area contributed by atoms with Gasteiger partial charge in [-0.3, -0.25) is 0 Å². The van der Waals surface area contributed by atoms with Crippen molar-refractivity contribution >= 4 is 5.82 Å². The van der Waals surface area contributed by atoms with E-state index in [2.05, 4.69) is 14.7 Å². The van der Waals surface area contributed by atoms with Crippen LogP contribution in [0.3, 0.4) is 0 Å². The molecule has 5 nitrogen and oxygen atoms in total. The third kappa shape index (κ3) is 2.52. The highest BCUT2D eigenvalue weighted by Crippen LogP contribution is 2.67. The summed E-state index contributed by atoms with van der Waals surface area (Å²) in [6, 6.07) is 1.17. The molecule has 0 unspecified atom stereocenters. The number of nitrogens with two attached hydrogens (primary N) is 1. The molecule has 0 spiro atoms. The lowest BCUT2D eigenvalue weighted by molar-refractivity contribution is -0.274. The van der Waals surface area contributed by atoms with Gasteiger partial charge in [-0.05, 0) is 6.07 Å². The zero-order valence-corrected chi connectivity index (χ0v) is 13.4. The van der Waals surface area contributed by atoms with Gasteiger partial charge in [0.2, 0.25) is 0 Å². The van der Waals surface area contributed by atoms with Crippen LogP contribution in [0.15, 0.2) is 18.5 Å². The summed E-state index contributed by atoms with van der Waals surface area (Å²) in [5, 5.41) is 0. The Morgan fingerprint density at radius 2 is 2.00 bits per heavy atom. The molecule has 0 atom stereocenters. The average Bonchev–Trinajstić information content (AvgIpc) is 2.88. The largest absolute Gasteiger partial charge is 0.573 e. The van der Waals surface area contributed by atoms with Crippen molar-refractivity contribution in [3.8, 4) is 17.0 Å². The Morgan fingerprint density at radius 3 is 2.56 bits per heavy atom. The van der Waals surface area contributed by atoms with Crippen LogP contribution in [0.4, 0.5) is 23.4 Å². The van der Waals surface area contributed by atoms with E-state index in [9.17, 15) is 17.6 Å². The van der Waals surface area contributed by atoms with Gasteiger partial charge in [0, 0.05) is 43.6 Å². The fourth-order valence-corrected chi connectivity index (χ4v) is 3.89. The molecule has 2 heterocycles. The Kier molecular flexibility index (Phi) is 3.14. The maximum absolute atomic E-state index is 13.8. The van der Waals surface area contributed by atoms with E-state index in [-0.39, 0.29) is 11.4 Å². The molecule has 3 aliphatic rings. The minimum absolute atomic E-state index is 0.238. The highest BCUT2D eigenvalue weighted by atomic mass is 19.4. The fourth-order valence-electron chi connectivity index (χ4n) is 3.89. The topological polar surface area (TPSA) is 66.0 Å². The van der Waals surface area contributed by atoms with Gasteiger partial charge < -0.3 is 15.0 Å². The van der Waals surface area contributed by atoms with Gasteiger partial charge in [0.15, 0.2) is 11.6 Å². The minimum Gasteiger partial charge on any atom is -0.402 e. The summed E-state index contributed by atoms with van der Waals surface area (Å²) >= 11 is 0. The van der Waals surface area contributed by atoms with Crippen LogP contribution in [0.5, 0.6) is 5.75 Å². The predicted octanol–water partition coefficient (Wildman–Crippen LogP) is 3.59. The number of nitrogens with zero attached hydrogens (tertiary/aromatic N) is 3. The Morgan fingerprint density at radius 1 is 1.32 bits per heavy atom. The Balaban J connectivity index is 1.69. The second kappa shape index (κ2) is 4.86. The Hall–Kier alpha value is -2.32. The molecule has 2 aromatic heterocycles. The van der Waals surface area contributed by atoms with Crippen LogP contribution in [-0.2, 0) is 12.0 Å². The third-order valence-electron chi connectivity index (χ3n) is 4.95. The van der Waals surface area contributed by atoms with Gasteiger partial charge in [-0.25, -0.2) is 14.4 Å².